The largest absolute Gasteiger partial charge is 0.481 e. The van der Waals surface area contributed by atoms with Gasteiger partial charge in [0.2, 0.25) is 23.6 Å². The lowest BCUT2D eigenvalue weighted by atomic mass is 10.1. The average Bonchev–Trinajstić information content (AvgIpc) is 2.75. The van der Waals surface area contributed by atoms with Gasteiger partial charge in [0.15, 0.2) is 5.96 Å². The van der Waals surface area contributed by atoms with E-state index in [2.05, 4.69) is 20.9 Å². The summed E-state index contributed by atoms with van der Waals surface area (Å²) in [4.78, 5) is 74.7. The number of hydrogen-bond donors (Lipinski definition) is 10. The number of amides is 4. The number of nitrogens with zero attached hydrogens (tertiary/aromatic N) is 1. The van der Waals surface area contributed by atoms with Crippen LogP contribution in [0.1, 0.15) is 39.0 Å². The number of aliphatic imine (C=N–C) groups is 1. The van der Waals surface area contributed by atoms with E-state index in [9.17, 15) is 39.0 Å². The molecule has 0 aliphatic heterocycles. The Kier molecular flexibility index (Phi) is 14.1. The maximum atomic E-state index is 12.8. The standard InChI is InChI=1S/C19H34N8O9/c1-8(28)14(17(34)26-11(18(35)36)3-2-6-24-19(22)23)27-16(33)10(4-5-13(30)31)25-15(32)9(20)7-12(21)29/h8-11,14,28H,2-7,20H2,1H3,(H2,21,29)(H,25,32)(H,26,34)(H,27,33)(H,30,31)(H,35,36)(H4,22,23,24). The number of nitrogens with one attached hydrogen (secondary N) is 3. The van der Waals surface area contributed by atoms with Crippen molar-refractivity contribution in [3.63, 3.8) is 0 Å². The lowest BCUT2D eigenvalue weighted by molar-refractivity contribution is -0.143. The fourth-order valence-corrected chi connectivity index (χ4v) is 2.81. The van der Waals surface area contributed by atoms with Gasteiger partial charge < -0.3 is 54.2 Å². The third kappa shape index (κ3) is 13.0. The lowest BCUT2D eigenvalue weighted by Gasteiger charge is -2.26. The molecule has 5 unspecified atom stereocenters. The summed E-state index contributed by atoms with van der Waals surface area (Å²) in [6.07, 6.45) is -2.93. The molecule has 4 amide bonds. The maximum Gasteiger partial charge on any atom is 0.326 e. The first kappa shape index (κ1) is 32.0. The Hall–Kier alpha value is -3.99. The fourth-order valence-electron chi connectivity index (χ4n) is 2.81. The minimum absolute atomic E-state index is 0.0760. The van der Waals surface area contributed by atoms with Gasteiger partial charge in [0, 0.05) is 13.0 Å². The van der Waals surface area contributed by atoms with Crippen LogP contribution in [0.2, 0.25) is 0 Å². The van der Waals surface area contributed by atoms with Crippen molar-refractivity contribution in [1.29, 1.82) is 0 Å². The molecule has 0 radical (unpaired) electrons. The quantitative estimate of drug-likeness (QED) is 0.0491. The van der Waals surface area contributed by atoms with Crippen LogP contribution in [0.4, 0.5) is 0 Å². The number of carboxylic acids is 2. The first-order chi connectivity index (χ1) is 16.6. The summed E-state index contributed by atoms with van der Waals surface area (Å²) in [5.74, 6) is -6.86. The van der Waals surface area contributed by atoms with Gasteiger partial charge in [0.1, 0.15) is 18.1 Å². The smallest absolute Gasteiger partial charge is 0.326 e. The molecule has 0 spiro atoms. The van der Waals surface area contributed by atoms with Crippen LogP contribution >= 0.6 is 0 Å². The Morgan fingerprint density at radius 3 is 1.92 bits per heavy atom. The molecule has 0 aromatic rings. The maximum absolute atomic E-state index is 12.8. The van der Waals surface area contributed by atoms with Gasteiger partial charge in [-0.15, -0.1) is 0 Å². The second-order valence-electron chi connectivity index (χ2n) is 7.85. The molecule has 0 saturated heterocycles. The van der Waals surface area contributed by atoms with Gasteiger partial charge in [0.25, 0.3) is 0 Å². The summed E-state index contributed by atoms with van der Waals surface area (Å²) < 4.78 is 0. The molecule has 5 atom stereocenters. The van der Waals surface area contributed by atoms with E-state index in [1.807, 2.05) is 0 Å². The summed E-state index contributed by atoms with van der Waals surface area (Å²) in [5, 5.41) is 34.8. The third-order valence-corrected chi connectivity index (χ3v) is 4.66. The van der Waals surface area contributed by atoms with E-state index in [0.29, 0.717) is 0 Å². The Balaban J connectivity index is 5.45. The summed E-state index contributed by atoms with van der Waals surface area (Å²) in [6.45, 7) is 1.24. The summed E-state index contributed by atoms with van der Waals surface area (Å²) >= 11 is 0. The van der Waals surface area contributed by atoms with E-state index in [1.54, 1.807) is 0 Å². The van der Waals surface area contributed by atoms with Crippen LogP contribution in [-0.2, 0) is 28.8 Å². The molecular formula is C19H34N8O9. The molecule has 204 valence electrons. The highest BCUT2D eigenvalue weighted by Crippen LogP contribution is 2.05. The number of guanidine groups is 1. The Labute approximate surface area is 206 Å². The minimum atomic E-state index is -1.67. The number of carbonyl (C=O) groups excluding carboxylic acids is 4. The molecule has 0 bridgehead atoms. The van der Waals surface area contributed by atoms with E-state index in [0.717, 1.165) is 6.92 Å². The molecular weight excluding hydrogens is 484 g/mol. The number of primary amides is 1. The second kappa shape index (κ2) is 15.8. The van der Waals surface area contributed by atoms with Crippen LogP contribution in [0.25, 0.3) is 0 Å². The molecule has 36 heavy (non-hydrogen) atoms. The Morgan fingerprint density at radius 2 is 1.44 bits per heavy atom. The van der Waals surface area contributed by atoms with Crippen molar-refractivity contribution in [3.05, 3.63) is 0 Å². The molecule has 0 rings (SSSR count). The average molecular weight is 519 g/mol. The minimum Gasteiger partial charge on any atom is -0.481 e. The zero-order chi connectivity index (χ0) is 28.0. The molecule has 17 nitrogen and oxygen atoms in total. The van der Waals surface area contributed by atoms with Crippen molar-refractivity contribution in [2.24, 2.45) is 27.9 Å². The van der Waals surface area contributed by atoms with Crippen LogP contribution in [0.15, 0.2) is 4.99 Å². The van der Waals surface area contributed by atoms with Crippen LogP contribution in [-0.4, -0.2) is 93.7 Å². The van der Waals surface area contributed by atoms with Gasteiger partial charge in [-0.2, -0.15) is 0 Å². The highest BCUT2D eigenvalue weighted by Gasteiger charge is 2.33. The third-order valence-electron chi connectivity index (χ3n) is 4.66. The number of hydrogen-bond acceptors (Lipinski definition) is 9. The monoisotopic (exact) mass is 518 g/mol. The summed E-state index contributed by atoms with van der Waals surface area (Å²) in [7, 11) is 0. The van der Waals surface area contributed by atoms with Gasteiger partial charge in [-0.1, -0.05) is 0 Å². The number of rotatable bonds is 17. The van der Waals surface area contributed by atoms with Crippen molar-refractivity contribution in [3.8, 4) is 0 Å². The topological polar surface area (TPSA) is 316 Å². The number of nitrogens with two attached hydrogens (primary N) is 4. The van der Waals surface area contributed by atoms with Gasteiger partial charge in [-0.25, -0.2) is 4.79 Å². The van der Waals surface area contributed by atoms with Crippen LogP contribution < -0.4 is 38.9 Å². The predicted octanol–water partition coefficient (Wildman–Crippen LogP) is -4.97. The second-order valence-corrected chi connectivity index (χ2v) is 7.85. The Morgan fingerprint density at radius 1 is 0.861 bits per heavy atom. The van der Waals surface area contributed by atoms with E-state index in [1.165, 1.54) is 0 Å². The van der Waals surface area contributed by atoms with Crippen LogP contribution in [0.3, 0.4) is 0 Å². The molecule has 0 aromatic carbocycles. The zero-order valence-electron chi connectivity index (χ0n) is 19.7. The zero-order valence-corrected chi connectivity index (χ0v) is 19.7. The summed E-state index contributed by atoms with van der Waals surface area (Å²) in [5.41, 5.74) is 20.9. The number of carbonyl (C=O) groups is 6. The van der Waals surface area contributed by atoms with Crippen molar-refractivity contribution in [2.75, 3.05) is 6.54 Å². The SMILES string of the molecule is CC(O)C(NC(=O)C(CCC(=O)O)NC(=O)C(N)CC(N)=O)C(=O)NC(CCCN=C(N)N)C(=O)O. The first-order valence-electron chi connectivity index (χ1n) is 10.8. The van der Waals surface area contributed by atoms with Crippen molar-refractivity contribution < 1.29 is 44.1 Å². The Bertz CT molecular complexity index is 845. The van der Waals surface area contributed by atoms with Crippen LogP contribution in [0.5, 0.6) is 0 Å². The van der Waals surface area contributed by atoms with E-state index >= 15 is 0 Å². The molecule has 0 aliphatic carbocycles. The highest BCUT2D eigenvalue weighted by molar-refractivity contribution is 5.95. The molecule has 0 saturated carbocycles. The van der Waals surface area contributed by atoms with E-state index < -0.39 is 85.1 Å². The number of aliphatic hydroxyl groups is 1. The lowest BCUT2D eigenvalue weighted by Crippen LogP contribution is -2.60. The van der Waals surface area contributed by atoms with Crippen molar-refractivity contribution >= 4 is 41.5 Å². The van der Waals surface area contributed by atoms with Gasteiger partial charge in [-0.05, 0) is 26.2 Å². The normalized spacial score (nSPS) is 14.8. The molecule has 0 fully saturated rings. The van der Waals surface area contributed by atoms with Gasteiger partial charge >= 0.3 is 11.9 Å². The fraction of sp³-hybridized carbons (Fsp3) is 0.632. The molecule has 14 N–H and O–H groups in total. The summed E-state index contributed by atoms with van der Waals surface area (Å²) in [6, 6.07) is -6.01. The predicted molar refractivity (Wildman–Crippen MR) is 124 cm³/mol. The highest BCUT2D eigenvalue weighted by atomic mass is 16.4. The van der Waals surface area contributed by atoms with E-state index in [4.69, 9.17) is 28.0 Å². The number of aliphatic hydroxyl groups excluding tert-OH is 1. The molecule has 0 aromatic heterocycles. The van der Waals surface area contributed by atoms with Gasteiger partial charge in [0.05, 0.1) is 18.6 Å². The van der Waals surface area contributed by atoms with Gasteiger partial charge in [-0.3, -0.25) is 29.0 Å². The number of carboxylic acid groups (broad SMARTS) is 2. The molecule has 17 heteroatoms. The molecule has 0 aliphatic rings. The van der Waals surface area contributed by atoms with Crippen LogP contribution in [0, 0.1) is 0 Å². The molecule has 0 heterocycles. The first-order valence-corrected chi connectivity index (χ1v) is 10.8. The van der Waals surface area contributed by atoms with E-state index in [-0.39, 0.29) is 25.3 Å². The van der Waals surface area contributed by atoms with Crippen molar-refractivity contribution in [2.45, 2.75) is 69.3 Å². The number of aliphatic carboxylic acids is 2. The van der Waals surface area contributed by atoms with Crippen molar-refractivity contribution in [1.82, 2.24) is 16.0 Å².